The normalized spacial score (nSPS) is 35.7. The van der Waals surface area contributed by atoms with Crippen LogP contribution in [0.5, 0.6) is 0 Å². The maximum atomic E-state index is 11.4. The first-order valence-corrected chi connectivity index (χ1v) is 6.31. The first kappa shape index (κ1) is 10.9. The third-order valence-corrected chi connectivity index (χ3v) is 3.94. The summed E-state index contributed by atoms with van der Waals surface area (Å²) in [5.74, 6) is 1.75. The molecule has 3 unspecified atom stereocenters. The highest BCUT2D eigenvalue weighted by Crippen LogP contribution is 2.34. The van der Waals surface area contributed by atoms with E-state index in [0.29, 0.717) is 12.5 Å². The Kier molecular flexibility index (Phi) is 3.62. The van der Waals surface area contributed by atoms with Gasteiger partial charge in [-0.2, -0.15) is 0 Å². The van der Waals surface area contributed by atoms with Gasteiger partial charge < -0.3 is 10.6 Å². The van der Waals surface area contributed by atoms with Gasteiger partial charge in [-0.15, -0.1) is 0 Å². The molecule has 1 saturated heterocycles. The Labute approximate surface area is 92.0 Å². The van der Waals surface area contributed by atoms with E-state index in [4.69, 9.17) is 0 Å². The van der Waals surface area contributed by atoms with Gasteiger partial charge in [-0.1, -0.05) is 13.3 Å². The molecule has 1 heterocycles. The topological polar surface area (TPSA) is 41.1 Å². The predicted molar refractivity (Wildman–Crippen MR) is 60.5 cm³/mol. The summed E-state index contributed by atoms with van der Waals surface area (Å²) in [5, 5.41) is 6.66. The highest BCUT2D eigenvalue weighted by Gasteiger charge is 2.35. The fraction of sp³-hybridized carbons (Fsp3) is 0.917. The predicted octanol–water partition coefficient (Wildman–Crippen LogP) is 1.29. The van der Waals surface area contributed by atoms with Gasteiger partial charge in [-0.3, -0.25) is 4.79 Å². The molecule has 86 valence electrons. The number of carbonyl (C=O) groups is 1. The van der Waals surface area contributed by atoms with Crippen molar-refractivity contribution in [3.63, 3.8) is 0 Å². The van der Waals surface area contributed by atoms with E-state index in [1.807, 2.05) is 6.92 Å². The zero-order chi connectivity index (χ0) is 10.7. The monoisotopic (exact) mass is 210 g/mol. The van der Waals surface area contributed by atoms with Gasteiger partial charge in [0.05, 0.1) is 0 Å². The molecule has 1 amide bonds. The van der Waals surface area contributed by atoms with E-state index in [9.17, 15) is 4.79 Å². The standard InChI is InChI=1S/C12H22N2O/c1-2-12(15)14-11-5-3-4-9-8-13-7-6-10(9)11/h9-11,13H,2-8H2,1H3,(H,14,15). The summed E-state index contributed by atoms with van der Waals surface area (Å²) in [6, 6.07) is 0.457. The minimum absolute atomic E-state index is 0.221. The smallest absolute Gasteiger partial charge is 0.219 e. The molecule has 15 heavy (non-hydrogen) atoms. The van der Waals surface area contributed by atoms with Crippen LogP contribution in [0.4, 0.5) is 0 Å². The third kappa shape index (κ3) is 2.51. The zero-order valence-electron chi connectivity index (χ0n) is 9.59. The Morgan fingerprint density at radius 3 is 3.07 bits per heavy atom. The lowest BCUT2D eigenvalue weighted by Crippen LogP contribution is -2.50. The Hall–Kier alpha value is -0.570. The molecule has 0 bridgehead atoms. The van der Waals surface area contributed by atoms with Crippen LogP contribution in [0.15, 0.2) is 0 Å². The molecular weight excluding hydrogens is 188 g/mol. The Morgan fingerprint density at radius 1 is 1.40 bits per heavy atom. The summed E-state index contributed by atoms with van der Waals surface area (Å²) in [7, 11) is 0. The molecule has 2 rings (SSSR count). The maximum Gasteiger partial charge on any atom is 0.219 e. The minimum atomic E-state index is 0.221. The zero-order valence-corrected chi connectivity index (χ0v) is 9.59. The van der Waals surface area contributed by atoms with E-state index in [2.05, 4.69) is 10.6 Å². The second kappa shape index (κ2) is 4.97. The van der Waals surface area contributed by atoms with Crippen LogP contribution in [-0.2, 0) is 4.79 Å². The van der Waals surface area contributed by atoms with Crippen molar-refractivity contribution < 1.29 is 4.79 Å². The van der Waals surface area contributed by atoms with Crippen LogP contribution in [0.1, 0.15) is 39.0 Å². The fourth-order valence-corrected chi connectivity index (χ4v) is 3.09. The van der Waals surface area contributed by atoms with E-state index in [0.717, 1.165) is 24.9 Å². The van der Waals surface area contributed by atoms with Gasteiger partial charge in [0.15, 0.2) is 0 Å². The van der Waals surface area contributed by atoms with Crippen molar-refractivity contribution in [2.75, 3.05) is 13.1 Å². The number of hydrogen-bond donors (Lipinski definition) is 2. The van der Waals surface area contributed by atoms with Crippen LogP contribution in [0, 0.1) is 11.8 Å². The quantitative estimate of drug-likeness (QED) is 0.721. The van der Waals surface area contributed by atoms with E-state index in [1.54, 1.807) is 0 Å². The molecule has 1 saturated carbocycles. The van der Waals surface area contributed by atoms with Crippen LogP contribution < -0.4 is 10.6 Å². The van der Waals surface area contributed by atoms with Gasteiger partial charge in [0.1, 0.15) is 0 Å². The van der Waals surface area contributed by atoms with Gasteiger partial charge >= 0.3 is 0 Å². The summed E-state index contributed by atoms with van der Waals surface area (Å²) >= 11 is 0. The SMILES string of the molecule is CCC(=O)NC1CCCC2CNCCC21. The highest BCUT2D eigenvalue weighted by molar-refractivity contribution is 5.75. The maximum absolute atomic E-state index is 11.4. The number of nitrogens with one attached hydrogen (secondary N) is 2. The van der Waals surface area contributed by atoms with Gasteiger partial charge in [0, 0.05) is 12.5 Å². The van der Waals surface area contributed by atoms with E-state index in [-0.39, 0.29) is 5.91 Å². The molecule has 3 nitrogen and oxygen atoms in total. The minimum Gasteiger partial charge on any atom is -0.353 e. The van der Waals surface area contributed by atoms with Gasteiger partial charge in [-0.25, -0.2) is 0 Å². The van der Waals surface area contributed by atoms with Crippen LogP contribution in [0.25, 0.3) is 0 Å². The number of fused-ring (bicyclic) bond motifs is 1. The molecule has 2 aliphatic rings. The first-order chi connectivity index (χ1) is 7.31. The lowest BCUT2D eigenvalue weighted by Gasteiger charge is -2.41. The average molecular weight is 210 g/mol. The molecule has 0 spiro atoms. The number of rotatable bonds is 2. The molecule has 1 aliphatic heterocycles. The molecule has 0 aromatic carbocycles. The van der Waals surface area contributed by atoms with Crippen LogP contribution in [0.2, 0.25) is 0 Å². The van der Waals surface area contributed by atoms with Crippen LogP contribution >= 0.6 is 0 Å². The van der Waals surface area contributed by atoms with Crippen molar-refractivity contribution in [2.24, 2.45) is 11.8 Å². The lowest BCUT2D eigenvalue weighted by atomic mass is 9.72. The Bertz CT molecular complexity index is 228. The molecule has 0 aromatic rings. The summed E-state index contributed by atoms with van der Waals surface area (Å²) in [4.78, 5) is 11.4. The molecule has 0 aromatic heterocycles. The summed E-state index contributed by atoms with van der Waals surface area (Å²) < 4.78 is 0. The van der Waals surface area contributed by atoms with Crippen molar-refractivity contribution in [1.82, 2.24) is 10.6 Å². The van der Waals surface area contributed by atoms with Crippen molar-refractivity contribution in [1.29, 1.82) is 0 Å². The van der Waals surface area contributed by atoms with Crippen molar-refractivity contribution >= 4 is 5.91 Å². The van der Waals surface area contributed by atoms with E-state index in [1.165, 1.54) is 25.7 Å². The molecule has 2 fully saturated rings. The second-order valence-corrected chi connectivity index (χ2v) is 4.88. The van der Waals surface area contributed by atoms with Crippen molar-refractivity contribution in [2.45, 2.75) is 45.1 Å². The van der Waals surface area contributed by atoms with Crippen molar-refractivity contribution in [3.05, 3.63) is 0 Å². The number of piperidine rings is 1. The molecule has 2 N–H and O–H groups in total. The van der Waals surface area contributed by atoms with E-state index >= 15 is 0 Å². The Balaban J connectivity index is 1.94. The second-order valence-electron chi connectivity index (χ2n) is 4.88. The van der Waals surface area contributed by atoms with Gasteiger partial charge in [-0.05, 0) is 44.2 Å². The largest absolute Gasteiger partial charge is 0.353 e. The number of carbonyl (C=O) groups excluding carboxylic acids is 1. The molecule has 3 atom stereocenters. The van der Waals surface area contributed by atoms with Crippen molar-refractivity contribution in [3.8, 4) is 0 Å². The van der Waals surface area contributed by atoms with Gasteiger partial charge in [0.25, 0.3) is 0 Å². The Morgan fingerprint density at radius 2 is 2.27 bits per heavy atom. The van der Waals surface area contributed by atoms with Crippen LogP contribution in [0.3, 0.4) is 0 Å². The molecule has 0 radical (unpaired) electrons. The van der Waals surface area contributed by atoms with Crippen LogP contribution in [-0.4, -0.2) is 25.0 Å². The number of amides is 1. The fourth-order valence-electron chi connectivity index (χ4n) is 3.09. The molecule has 1 aliphatic carbocycles. The van der Waals surface area contributed by atoms with E-state index < -0.39 is 0 Å². The summed E-state index contributed by atoms with van der Waals surface area (Å²) in [5.41, 5.74) is 0. The summed E-state index contributed by atoms with van der Waals surface area (Å²) in [6.07, 6.45) is 5.66. The lowest BCUT2D eigenvalue weighted by molar-refractivity contribution is -0.122. The van der Waals surface area contributed by atoms with Gasteiger partial charge in [0.2, 0.25) is 5.91 Å². The number of hydrogen-bond acceptors (Lipinski definition) is 2. The average Bonchev–Trinajstić information content (AvgIpc) is 2.29. The third-order valence-electron chi connectivity index (χ3n) is 3.94. The molecular formula is C12H22N2O. The molecule has 3 heteroatoms. The highest BCUT2D eigenvalue weighted by atomic mass is 16.1. The first-order valence-electron chi connectivity index (χ1n) is 6.31. The summed E-state index contributed by atoms with van der Waals surface area (Å²) in [6.45, 7) is 4.21.